The van der Waals surface area contributed by atoms with Crippen molar-refractivity contribution in [3.63, 3.8) is 0 Å². The van der Waals surface area contributed by atoms with Crippen LogP contribution in [0.15, 0.2) is 48.5 Å². The molecule has 0 fully saturated rings. The largest absolute Gasteiger partial charge is 0.489 e. The Morgan fingerprint density at radius 2 is 1.88 bits per heavy atom. The summed E-state index contributed by atoms with van der Waals surface area (Å²) in [5, 5.41) is 8.72. The highest BCUT2D eigenvalue weighted by atomic mass is 16.5. The summed E-state index contributed by atoms with van der Waals surface area (Å²) in [6.45, 7) is 0.404. The van der Waals surface area contributed by atoms with Gasteiger partial charge in [-0.2, -0.15) is 5.26 Å². The van der Waals surface area contributed by atoms with Crippen molar-refractivity contribution < 1.29 is 4.74 Å². The highest BCUT2D eigenvalue weighted by Gasteiger charge is 2.01. The molecule has 0 bridgehead atoms. The lowest BCUT2D eigenvalue weighted by Gasteiger charge is -2.08. The first-order valence-corrected chi connectivity index (χ1v) is 5.26. The fourth-order valence-electron chi connectivity index (χ4n) is 1.47. The van der Waals surface area contributed by atoms with Crippen LogP contribution in [0.25, 0.3) is 0 Å². The van der Waals surface area contributed by atoms with E-state index in [0.717, 1.165) is 11.3 Å². The first-order chi connectivity index (χ1) is 8.29. The van der Waals surface area contributed by atoms with Crippen molar-refractivity contribution in [3.8, 4) is 11.8 Å². The lowest BCUT2D eigenvalue weighted by Crippen LogP contribution is -2.00. The van der Waals surface area contributed by atoms with Crippen LogP contribution in [0.3, 0.4) is 0 Å². The maximum Gasteiger partial charge on any atom is 0.119 e. The van der Waals surface area contributed by atoms with Gasteiger partial charge in [0, 0.05) is 11.3 Å². The van der Waals surface area contributed by atoms with E-state index in [1.807, 2.05) is 42.5 Å². The average molecular weight is 224 g/mol. The van der Waals surface area contributed by atoms with Crippen molar-refractivity contribution in [2.24, 2.45) is 0 Å². The normalized spacial score (nSPS) is 9.59. The number of hydrogen-bond donors (Lipinski definition) is 1. The minimum Gasteiger partial charge on any atom is -0.489 e. The van der Waals surface area contributed by atoms with E-state index >= 15 is 0 Å². The number of benzene rings is 2. The zero-order valence-electron chi connectivity index (χ0n) is 9.26. The topological polar surface area (TPSA) is 59.0 Å². The maximum absolute atomic E-state index is 8.72. The fourth-order valence-corrected chi connectivity index (χ4v) is 1.47. The molecule has 0 saturated carbocycles. The summed E-state index contributed by atoms with van der Waals surface area (Å²) >= 11 is 0. The van der Waals surface area contributed by atoms with E-state index in [4.69, 9.17) is 15.7 Å². The van der Waals surface area contributed by atoms with Crippen LogP contribution in [-0.4, -0.2) is 0 Å². The van der Waals surface area contributed by atoms with Crippen LogP contribution < -0.4 is 10.5 Å². The van der Waals surface area contributed by atoms with Crippen LogP contribution in [-0.2, 0) is 6.61 Å². The quantitative estimate of drug-likeness (QED) is 0.815. The summed E-state index contributed by atoms with van der Waals surface area (Å²) in [6, 6.07) is 16.8. The standard InChI is InChI=1S/C14H12N2O/c15-9-11-6-7-12(14(16)8-11)10-17-13-4-2-1-3-5-13/h1-8H,10,16H2. The predicted molar refractivity (Wildman–Crippen MR) is 66.3 cm³/mol. The smallest absolute Gasteiger partial charge is 0.119 e. The van der Waals surface area contributed by atoms with Crippen LogP contribution in [0.4, 0.5) is 5.69 Å². The second-order valence-corrected chi connectivity index (χ2v) is 3.63. The molecule has 0 radical (unpaired) electrons. The van der Waals surface area contributed by atoms with Gasteiger partial charge in [-0.15, -0.1) is 0 Å². The molecule has 3 heteroatoms. The minimum atomic E-state index is 0.404. The number of nitrogens with two attached hydrogens (primary N) is 1. The molecule has 0 aliphatic carbocycles. The monoisotopic (exact) mass is 224 g/mol. The van der Waals surface area contributed by atoms with Crippen LogP contribution in [0.5, 0.6) is 5.75 Å². The van der Waals surface area contributed by atoms with Crippen molar-refractivity contribution in [2.75, 3.05) is 5.73 Å². The van der Waals surface area contributed by atoms with Crippen molar-refractivity contribution in [1.29, 1.82) is 5.26 Å². The van der Waals surface area contributed by atoms with E-state index < -0.39 is 0 Å². The lowest BCUT2D eigenvalue weighted by atomic mass is 10.1. The summed E-state index contributed by atoms with van der Waals surface area (Å²) in [7, 11) is 0. The molecule has 0 heterocycles. The Balaban J connectivity index is 2.08. The van der Waals surface area contributed by atoms with E-state index in [1.165, 1.54) is 0 Å². The zero-order chi connectivity index (χ0) is 12.1. The Bertz CT molecular complexity index is 544. The molecule has 0 atom stereocenters. The number of anilines is 1. The van der Waals surface area contributed by atoms with Gasteiger partial charge in [0.2, 0.25) is 0 Å². The molecule has 0 amide bonds. The van der Waals surface area contributed by atoms with Gasteiger partial charge in [-0.3, -0.25) is 0 Å². The molecule has 2 N–H and O–H groups in total. The number of hydrogen-bond acceptors (Lipinski definition) is 3. The van der Waals surface area contributed by atoms with E-state index in [9.17, 15) is 0 Å². The molecule has 0 aromatic heterocycles. The van der Waals surface area contributed by atoms with Gasteiger partial charge in [0.15, 0.2) is 0 Å². The van der Waals surface area contributed by atoms with E-state index in [1.54, 1.807) is 12.1 Å². The molecule has 0 saturated heterocycles. The minimum absolute atomic E-state index is 0.404. The molecule has 0 spiro atoms. The molecule has 3 nitrogen and oxygen atoms in total. The lowest BCUT2D eigenvalue weighted by molar-refractivity contribution is 0.307. The van der Waals surface area contributed by atoms with Crippen molar-refractivity contribution in [2.45, 2.75) is 6.61 Å². The summed E-state index contributed by atoms with van der Waals surface area (Å²) in [6.07, 6.45) is 0. The zero-order valence-corrected chi connectivity index (χ0v) is 9.26. The molecule has 17 heavy (non-hydrogen) atoms. The second-order valence-electron chi connectivity index (χ2n) is 3.63. The van der Waals surface area contributed by atoms with Crippen molar-refractivity contribution in [1.82, 2.24) is 0 Å². The third-order valence-corrected chi connectivity index (χ3v) is 2.41. The van der Waals surface area contributed by atoms with Gasteiger partial charge in [0.1, 0.15) is 12.4 Å². The molecule has 2 aromatic rings. The third kappa shape index (κ3) is 2.76. The highest BCUT2D eigenvalue weighted by molar-refractivity contribution is 5.52. The van der Waals surface area contributed by atoms with E-state index in [0.29, 0.717) is 17.9 Å². The summed E-state index contributed by atoms with van der Waals surface area (Å²) < 4.78 is 5.58. The Hall–Kier alpha value is -2.47. The van der Waals surface area contributed by atoms with Crippen molar-refractivity contribution >= 4 is 5.69 Å². The molecule has 84 valence electrons. The van der Waals surface area contributed by atoms with Gasteiger partial charge in [-0.05, 0) is 24.3 Å². The van der Waals surface area contributed by atoms with Crippen LogP contribution >= 0.6 is 0 Å². The molecule has 0 aliphatic heterocycles. The van der Waals surface area contributed by atoms with Gasteiger partial charge < -0.3 is 10.5 Å². The second kappa shape index (κ2) is 5.04. The van der Waals surface area contributed by atoms with Gasteiger partial charge in [0.05, 0.1) is 11.6 Å². The SMILES string of the molecule is N#Cc1ccc(COc2ccccc2)c(N)c1. The summed E-state index contributed by atoms with van der Waals surface area (Å²) in [4.78, 5) is 0. The fraction of sp³-hybridized carbons (Fsp3) is 0.0714. The Morgan fingerprint density at radius 1 is 1.12 bits per heavy atom. The summed E-state index contributed by atoms with van der Waals surface area (Å²) in [5.41, 5.74) is 7.86. The molecule has 2 aromatic carbocycles. The molecule has 0 aliphatic rings. The van der Waals surface area contributed by atoms with Crippen molar-refractivity contribution in [3.05, 3.63) is 59.7 Å². The first kappa shape index (κ1) is 11.0. The number of ether oxygens (including phenoxy) is 1. The van der Waals surface area contributed by atoms with E-state index in [2.05, 4.69) is 0 Å². The van der Waals surface area contributed by atoms with Gasteiger partial charge in [-0.25, -0.2) is 0 Å². The predicted octanol–water partition coefficient (Wildman–Crippen LogP) is 2.72. The molecule has 2 rings (SSSR count). The Morgan fingerprint density at radius 3 is 2.53 bits per heavy atom. The Kier molecular flexibility index (Phi) is 3.27. The number of nitriles is 1. The molecular weight excluding hydrogens is 212 g/mol. The van der Waals surface area contributed by atoms with E-state index in [-0.39, 0.29) is 0 Å². The number of para-hydroxylation sites is 1. The maximum atomic E-state index is 8.72. The first-order valence-electron chi connectivity index (χ1n) is 5.26. The number of rotatable bonds is 3. The van der Waals surface area contributed by atoms with Crippen LogP contribution in [0, 0.1) is 11.3 Å². The summed E-state index contributed by atoms with van der Waals surface area (Å²) in [5.74, 6) is 0.802. The molecular formula is C14H12N2O. The Labute approximate surface area is 100 Å². The highest BCUT2D eigenvalue weighted by Crippen LogP contribution is 2.17. The average Bonchev–Trinajstić information content (AvgIpc) is 2.38. The van der Waals surface area contributed by atoms with Gasteiger partial charge in [-0.1, -0.05) is 24.3 Å². The van der Waals surface area contributed by atoms with Crippen LogP contribution in [0.1, 0.15) is 11.1 Å². The number of nitrogen functional groups attached to an aromatic ring is 1. The van der Waals surface area contributed by atoms with Crippen LogP contribution in [0.2, 0.25) is 0 Å². The number of nitrogens with zero attached hydrogens (tertiary/aromatic N) is 1. The third-order valence-electron chi connectivity index (χ3n) is 2.41. The van der Waals surface area contributed by atoms with Gasteiger partial charge >= 0.3 is 0 Å². The van der Waals surface area contributed by atoms with Gasteiger partial charge in [0.25, 0.3) is 0 Å². The molecule has 0 unspecified atom stereocenters.